The van der Waals surface area contributed by atoms with Crippen LogP contribution in [0.1, 0.15) is 46.2 Å². The van der Waals surface area contributed by atoms with Crippen LogP contribution in [0.4, 0.5) is 4.79 Å². The number of amides is 2. The van der Waals surface area contributed by atoms with Crippen molar-refractivity contribution < 1.29 is 14.3 Å². The van der Waals surface area contributed by atoms with Crippen LogP contribution in [0.3, 0.4) is 0 Å². The molecule has 0 aliphatic carbocycles. The van der Waals surface area contributed by atoms with Gasteiger partial charge in [-0.05, 0) is 40.2 Å². The molecule has 5 heteroatoms. The highest BCUT2D eigenvalue weighted by Gasteiger charge is 2.21. The number of carbonyl (C=O) groups is 2. The fraction of sp³-hybridized carbons (Fsp3) is 0.500. The average Bonchev–Trinajstić information content (AvgIpc) is 2.37. The van der Waals surface area contributed by atoms with Crippen molar-refractivity contribution in [2.75, 3.05) is 0 Å². The standard InChI is InChI=1S/C16H24N2O3/c1-11(13-9-7-6-8-10-13)17-14(19)12(2)18-15(20)21-16(3,4)5/h6-12H,1-5H3,(H,17,19)(H,18,20)/t11?,12-/m0/s1. The molecule has 2 N–H and O–H groups in total. The summed E-state index contributed by atoms with van der Waals surface area (Å²) < 4.78 is 5.12. The van der Waals surface area contributed by atoms with Crippen molar-refractivity contribution in [2.45, 2.75) is 52.3 Å². The van der Waals surface area contributed by atoms with Gasteiger partial charge in [0.25, 0.3) is 0 Å². The van der Waals surface area contributed by atoms with Gasteiger partial charge in [0.2, 0.25) is 5.91 Å². The molecule has 1 rings (SSSR count). The normalized spacial score (nSPS) is 14.0. The molecular formula is C16H24N2O3. The van der Waals surface area contributed by atoms with Crippen LogP contribution in [0.15, 0.2) is 30.3 Å². The molecule has 0 aromatic heterocycles. The first-order valence-electron chi connectivity index (χ1n) is 7.04. The quantitative estimate of drug-likeness (QED) is 0.896. The number of hydrogen-bond donors (Lipinski definition) is 2. The second kappa shape index (κ2) is 7.11. The smallest absolute Gasteiger partial charge is 0.408 e. The summed E-state index contributed by atoms with van der Waals surface area (Å²) in [5.74, 6) is -0.253. The number of benzene rings is 1. The molecule has 116 valence electrons. The average molecular weight is 292 g/mol. The van der Waals surface area contributed by atoms with E-state index in [1.54, 1.807) is 27.7 Å². The Morgan fingerprint density at radius 3 is 2.14 bits per heavy atom. The minimum atomic E-state index is -0.661. The van der Waals surface area contributed by atoms with Crippen molar-refractivity contribution in [3.05, 3.63) is 35.9 Å². The van der Waals surface area contributed by atoms with Crippen molar-refractivity contribution in [3.8, 4) is 0 Å². The van der Waals surface area contributed by atoms with E-state index in [1.165, 1.54) is 0 Å². The van der Waals surface area contributed by atoms with Crippen molar-refractivity contribution in [1.29, 1.82) is 0 Å². The lowest BCUT2D eigenvalue weighted by atomic mass is 10.1. The monoisotopic (exact) mass is 292 g/mol. The van der Waals surface area contributed by atoms with Crippen LogP contribution in [-0.2, 0) is 9.53 Å². The van der Waals surface area contributed by atoms with Gasteiger partial charge in [0.05, 0.1) is 6.04 Å². The molecule has 1 unspecified atom stereocenters. The number of alkyl carbamates (subject to hydrolysis) is 1. The summed E-state index contributed by atoms with van der Waals surface area (Å²) in [6.45, 7) is 8.84. The minimum Gasteiger partial charge on any atom is -0.444 e. The highest BCUT2D eigenvalue weighted by atomic mass is 16.6. The first-order valence-corrected chi connectivity index (χ1v) is 7.04. The molecule has 21 heavy (non-hydrogen) atoms. The molecule has 0 saturated heterocycles. The van der Waals surface area contributed by atoms with Crippen molar-refractivity contribution >= 4 is 12.0 Å². The maximum Gasteiger partial charge on any atom is 0.408 e. The van der Waals surface area contributed by atoms with E-state index in [-0.39, 0.29) is 11.9 Å². The van der Waals surface area contributed by atoms with Crippen LogP contribution in [0, 0.1) is 0 Å². The maximum atomic E-state index is 12.0. The summed E-state index contributed by atoms with van der Waals surface area (Å²) in [6, 6.07) is 8.85. The fourth-order valence-electron chi connectivity index (χ4n) is 1.71. The zero-order valence-electron chi connectivity index (χ0n) is 13.3. The number of hydrogen-bond acceptors (Lipinski definition) is 3. The highest BCUT2D eigenvalue weighted by Crippen LogP contribution is 2.11. The third kappa shape index (κ3) is 6.29. The molecule has 0 radical (unpaired) electrons. The molecule has 0 bridgehead atoms. The summed E-state index contributed by atoms with van der Waals surface area (Å²) in [6.07, 6.45) is -0.600. The summed E-state index contributed by atoms with van der Waals surface area (Å²) in [4.78, 5) is 23.7. The van der Waals surface area contributed by atoms with Crippen LogP contribution in [0.25, 0.3) is 0 Å². The molecule has 0 saturated carbocycles. The summed E-state index contributed by atoms with van der Waals surface area (Å²) in [5, 5.41) is 5.37. The number of ether oxygens (including phenoxy) is 1. The number of carbonyl (C=O) groups excluding carboxylic acids is 2. The van der Waals surface area contributed by atoms with E-state index in [0.717, 1.165) is 5.56 Å². The molecule has 0 aliphatic rings. The first-order chi connectivity index (χ1) is 9.69. The van der Waals surface area contributed by atoms with Gasteiger partial charge in [-0.2, -0.15) is 0 Å². The van der Waals surface area contributed by atoms with Crippen LogP contribution >= 0.6 is 0 Å². The van der Waals surface area contributed by atoms with Gasteiger partial charge in [-0.15, -0.1) is 0 Å². The molecule has 0 spiro atoms. The predicted octanol–water partition coefficient (Wildman–Crippen LogP) is 2.78. The number of rotatable bonds is 4. The molecule has 2 atom stereocenters. The molecule has 5 nitrogen and oxygen atoms in total. The largest absolute Gasteiger partial charge is 0.444 e. The van der Waals surface area contributed by atoms with Gasteiger partial charge < -0.3 is 15.4 Å². The van der Waals surface area contributed by atoms with Gasteiger partial charge in [-0.1, -0.05) is 30.3 Å². The maximum absolute atomic E-state index is 12.0. The summed E-state index contributed by atoms with van der Waals surface area (Å²) >= 11 is 0. The van der Waals surface area contributed by atoms with Crippen molar-refractivity contribution in [2.24, 2.45) is 0 Å². The molecule has 2 amide bonds. The summed E-state index contributed by atoms with van der Waals surface area (Å²) in [7, 11) is 0. The Balaban J connectivity index is 2.50. The van der Waals surface area contributed by atoms with Gasteiger partial charge in [0.1, 0.15) is 11.6 Å². The lowest BCUT2D eigenvalue weighted by Gasteiger charge is -2.22. The molecule has 0 heterocycles. The Morgan fingerprint density at radius 2 is 1.62 bits per heavy atom. The topological polar surface area (TPSA) is 67.4 Å². The van der Waals surface area contributed by atoms with Crippen LogP contribution in [0.2, 0.25) is 0 Å². The molecule has 1 aromatic rings. The Kier molecular flexibility index (Phi) is 5.76. The first kappa shape index (κ1) is 17.0. The van der Waals surface area contributed by atoms with E-state index in [0.29, 0.717) is 0 Å². The van der Waals surface area contributed by atoms with E-state index in [4.69, 9.17) is 4.74 Å². The zero-order chi connectivity index (χ0) is 16.0. The predicted molar refractivity (Wildman–Crippen MR) is 81.8 cm³/mol. The van der Waals surface area contributed by atoms with Gasteiger partial charge >= 0.3 is 6.09 Å². The van der Waals surface area contributed by atoms with E-state index in [9.17, 15) is 9.59 Å². The van der Waals surface area contributed by atoms with Gasteiger partial charge in [0.15, 0.2) is 0 Å². The third-order valence-corrected chi connectivity index (χ3v) is 2.78. The Morgan fingerprint density at radius 1 is 1.05 bits per heavy atom. The lowest BCUT2D eigenvalue weighted by molar-refractivity contribution is -0.123. The number of nitrogens with one attached hydrogen (secondary N) is 2. The highest BCUT2D eigenvalue weighted by molar-refractivity contribution is 5.85. The molecule has 0 aliphatic heterocycles. The van der Waals surface area contributed by atoms with E-state index < -0.39 is 17.7 Å². The Labute approximate surface area is 126 Å². The SMILES string of the molecule is CC(NC(=O)[C@H](C)NC(=O)OC(C)(C)C)c1ccccc1. The van der Waals surface area contributed by atoms with Gasteiger partial charge in [0, 0.05) is 0 Å². The van der Waals surface area contributed by atoms with Crippen LogP contribution in [0.5, 0.6) is 0 Å². The molecular weight excluding hydrogens is 268 g/mol. The minimum absolute atomic E-state index is 0.124. The van der Waals surface area contributed by atoms with Crippen LogP contribution in [-0.4, -0.2) is 23.6 Å². The van der Waals surface area contributed by atoms with Crippen molar-refractivity contribution in [1.82, 2.24) is 10.6 Å². The van der Waals surface area contributed by atoms with Gasteiger partial charge in [-0.3, -0.25) is 4.79 Å². The third-order valence-electron chi connectivity index (χ3n) is 2.78. The van der Waals surface area contributed by atoms with Gasteiger partial charge in [-0.25, -0.2) is 4.79 Å². The zero-order valence-corrected chi connectivity index (χ0v) is 13.3. The molecule has 0 fully saturated rings. The lowest BCUT2D eigenvalue weighted by Crippen LogP contribution is -2.47. The van der Waals surface area contributed by atoms with E-state index in [2.05, 4.69) is 10.6 Å². The van der Waals surface area contributed by atoms with E-state index >= 15 is 0 Å². The van der Waals surface area contributed by atoms with E-state index in [1.807, 2.05) is 37.3 Å². The molecule has 1 aromatic carbocycles. The fourth-order valence-corrected chi connectivity index (χ4v) is 1.71. The van der Waals surface area contributed by atoms with Crippen molar-refractivity contribution in [3.63, 3.8) is 0 Å². The second-order valence-electron chi connectivity index (χ2n) is 6.01. The second-order valence-corrected chi connectivity index (χ2v) is 6.01. The van der Waals surface area contributed by atoms with Crippen LogP contribution < -0.4 is 10.6 Å². The Bertz CT molecular complexity index is 480. The summed E-state index contributed by atoms with van der Waals surface area (Å²) in [5.41, 5.74) is 0.424. The Hall–Kier alpha value is -2.04.